The van der Waals surface area contributed by atoms with Crippen LogP contribution in [0.2, 0.25) is 0 Å². The molecule has 0 aliphatic carbocycles. The Morgan fingerprint density at radius 2 is 1.81 bits per heavy atom. The standard InChI is InChI=1S/C16H24N2O3/c1-3-20-14-6-5-12(11-15(14)21-4-2)16(19)18-9-7-13(17)8-10-18/h5-6,11,13H,3-4,7-10,17H2,1-2H3. The number of likely N-dealkylation sites (tertiary alicyclic amines) is 1. The lowest BCUT2D eigenvalue weighted by Crippen LogP contribution is -2.42. The topological polar surface area (TPSA) is 64.8 Å². The first-order chi connectivity index (χ1) is 10.2. The highest BCUT2D eigenvalue weighted by molar-refractivity contribution is 5.95. The predicted octanol–water partition coefficient (Wildman–Crippen LogP) is 2.05. The second-order valence-electron chi connectivity index (χ2n) is 5.16. The SMILES string of the molecule is CCOc1ccc(C(=O)N2CCC(N)CC2)cc1OCC. The zero-order chi connectivity index (χ0) is 15.2. The van der Waals surface area contributed by atoms with E-state index in [9.17, 15) is 4.79 Å². The maximum absolute atomic E-state index is 12.5. The van der Waals surface area contributed by atoms with Gasteiger partial charge in [-0.1, -0.05) is 0 Å². The summed E-state index contributed by atoms with van der Waals surface area (Å²) in [5, 5.41) is 0. The maximum Gasteiger partial charge on any atom is 0.253 e. The van der Waals surface area contributed by atoms with Gasteiger partial charge in [-0.05, 0) is 44.9 Å². The Labute approximate surface area is 126 Å². The van der Waals surface area contributed by atoms with Gasteiger partial charge in [0.1, 0.15) is 0 Å². The lowest BCUT2D eigenvalue weighted by atomic mass is 10.0. The third-order valence-corrected chi connectivity index (χ3v) is 3.62. The summed E-state index contributed by atoms with van der Waals surface area (Å²) >= 11 is 0. The minimum atomic E-state index is 0.0332. The third kappa shape index (κ3) is 3.88. The second-order valence-corrected chi connectivity index (χ2v) is 5.16. The fraction of sp³-hybridized carbons (Fsp3) is 0.562. The number of hydrogen-bond donors (Lipinski definition) is 1. The van der Waals surface area contributed by atoms with E-state index in [2.05, 4.69) is 0 Å². The van der Waals surface area contributed by atoms with Gasteiger partial charge in [0.15, 0.2) is 11.5 Å². The van der Waals surface area contributed by atoms with Crippen molar-refractivity contribution in [2.24, 2.45) is 5.73 Å². The lowest BCUT2D eigenvalue weighted by Gasteiger charge is -2.30. The van der Waals surface area contributed by atoms with Crippen molar-refractivity contribution in [3.05, 3.63) is 23.8 Å². The lowest BCUT2D eigenvalue weighted by molar-refractivity contribution is 0.0714. The number of piperidine rings is 1. The highest BCUT2D eigenvalue weighted by Crippen LogP contribution is 2.29. The molecule has 1 fully saturated rings. The Hall–Kier alpha value is -1.75. The van der Waals surface area contributed by atoms with Crippen LogP contribution in [0.3, 0.4) is 0 Å². The van der Waals surface area contributed by atoms with Crippen LogP contribution < -0.4 is 15.2 Å². The number of rotatable bonds is 5. The van der Waals surface area contributed by atoms with Crippen molar-refractivity contribution in [2.45, 2.75) is 32.7 Å². The first-order valence-electron chi connectivity index (χ1n) is 7.60. The molecule has 5 heteroatoms. The number of ether oxygens (including phenoxy) is 2. The molecule has 0 saturated carbocycles. The molecule has 2 N–H and O–H groups in total. The number of nitrogens with two attached hydrogens (primary N) is 1. The zero-order valence-corrected chi connectivity index (χ0v) is 12.8. The summed E-state index contributed by atoms with van der Waals surface area (Å²) in [7, 11) is 0. The fourth-order valence-electron chi connectivity index (χ4n) is 2.47. The number of nitrogens with zero attached hydrogens (tertiary/aromatic N) is 1. The molecule has 1 aliphatic rings. The number of amides is 1. The molecule has 0 atom stereocenters. The van der Waals surface area contributed by atoms with Gasteiger partial charge in [0, 0.05) is 24.7 Å². The van der Waals surface area contributed by atoms with Crippen LogP contribution in [0.4, 0.5) is 0 Å². The molecule has 116 valence electrons. The van der Waals surface area contributed by atoms with Crippen LogP contribution in [0.15, 0.2) is 18.2 Å². The summed E-state index contributed by atoms with van der Waals surface area (Å²) in [5.41, 5.74) is 6.51. The third-order valence-electron chi connectivity index (χ3n) is 3.62. The molecule has 5 nitrogen and oxygen atoms in total. The minimum absolute atomic E-state index is 0.0332. The molecule has 0 bridgehead atoms. The molecule has 21 heavy (non-hydrogen) atoms. The van der Waals surface area contributed by atoms with Gasteiger partial charge in [0.25, 0.3) is 5.91 Å². The zero-order valence-electron chi connectivity index (χ0n) is 12.8. The van der Waals surface area contributed by atoms with Crippen molar-refractivity contribution in [2.75, 3.05) is 26.3 Å². The summed E-state index contributed by atoms with van der Waals surface area (Å²) in [6.07, 6.45) is 1.72. The highest BCUT2D eigenvalue weighted by atomic mass is 16.5. The molecule has 0 unspecified atom stereocenters. The molecule has 1 heterocycles. The number of hydrogen-bond acceptors (Lipinski definition) is 4. The van der Waals surface area contributed by atoms with Crippen LogP contribution in [0.5, 0.6) is 11.5 Å². The van der Waals surface area contributed by atoms with E-state index in [1.807, 2.05) is 18.7 Å². The van der Waals surface area contributed by atoms with Crippen molar-refractivity contribution in [3.63, 3.8) is 0 Å². The van der Waals surface area contributed by atoms with E-state index in [4.69, 9.17) is 15.2 Å². The molecule has 1 amide bonds. The molecule has 1 aromatic rings. The van der Waals surface area contributed by atoms with Gasteiger partial charge < -0.3 is 20.1 Å². The van der Waals surface area contributed by atoms with E-state index in [1.165, 1.54) is 0 Å². The van der Waals surface area contributed by atoms with Gasteiger partial charge in [-0.3, -0.25) is 4.79 Å². The number of carbonyl (C=O) groups excluding carboxylic acids is 1. The fourth-order valence-corrected chi connectivity index (χ4v) is 2.47. The number of carbonyl (C=O) groups is 1. The van der Waals surface area contributed by atoms with Crippen molar-refractivity contribution < 1.29 is 14.3 Å². The van der Waals surface area contributed by atoms with Gasteiger partial charge in [0.05, 0.1) is 13.2 Å². The molecule has 0 radical (unpaired) electrons. The summed E-state index contributed by atoms with van der Waals surface area (Å²) in [6, 6.07) is 5.58. The van der Waals surface area contributed by atoms with E-state index >= 15 is 0 Å². The first-order valence-corrected chi connectivity index (χ1v) is 7.60. The summed E-state index contributed by atoms with van der Waals surface area (Å²) in [6.45, 7) is 6.38. The molecule has 0 spiro atoms. The van der Waals surface area contributed by atoms with Gasteiger partial charge in [-0.25, -0.2) is 0 Å². The Morgan fingerprint density at radius 3 is 2.43 bits per heavy atom. The van der Waals surface area contributed by atoms with Gasteiger partial charge >= 0.3 is 0 Å². The smallest absolute Gasteiger partial charge is 0.253 e. The minimum Gasteiger partial charge on any atom is -0.490 e. The van der Waals surface area contributed by atoms with E-state index < -0.39 is 0 Å². The Morgan fingerprint density at radius 1 is 1.19 bits per heavy atom. The molecule has 1 aliphatic heterocycles. The predicted molar refractivity (Wildman–Crippen MR) is 81.9 cm³/mol. The second kappa shape index (κ2) is 7.31. The van der Waals surface area contributed by atoms with E-state index in [0.717, 1.165) is 25.9 Å². The van der Waals surface area contributed by atoms with Crippen LogP contribution in [0.25, 0.3) is 0 Å². The first kappa shape index (κ1) is 15.6. The van der Waals surface area contributed by atoms with Crippen LogP contribution in [-0.4, -0.2) is 43.2 Å². The molecule has 1 saturated heterocycles. The van der Waals surface area contributed by atoms with Crippen molar-refractivity contribution in [1.29, 1.82) is 0 Å². The Bertz CT molecular complexity index is 482. The maximum atomic E-state index is 12.5. The summed E-state index contributed by atoms with van der Waals surface area (Å²) in [5.74, 6) is 1.33. The molecule has 0 aromatic heterocycles. The normalized spacial score (nSPS) is 15.9. The van der Waals surface area contributed by atoms with Crippen LogP contribution in [0.1, 0.15) is 37.0 Å². The molecular weight excluding hydrogens is 268 g/mol. The van der Waals surface area contributed by atoms with E-state index in [0.29, 0.717) is 30.3 Å². The molecule has 2 rings (SSSR count). The van der Waals surface area contributed by atoms with Crippen molar-refractivity contribution in [1.82, 2.24) is 4.90 Å². The average molecular weight is 292 g/mol. The van der Waals surface area contributed by atoms with Gasteiger partial charge in [0.2, 0.25) is 0 Å². The van der Waals surface area contributed by atoms with Crippen molar-refractivity contribution >= 4 is 5.91 Å². The monoisotopic (exact) mass is 292 g/mol. The quantitative estimate of drug-likeness (QED) is 0.902. The van der Waals surface area contributed by atoms with Crippen LogP contribution >= 0.6 is 0 Å². The van der Waals surface area contributed by atoms with Gasteiger partial charge in [-0.2, -0.15) is 0 Å². The van der Waals surface area contributed by atoms with Crippen LogP contribution in [-0.2, 0) is 0 Å². The Kier molecular flexibility index (Phi) is 5.44. The average Bonchev–Trinajstić information content (AvgIpc) is 2.49. The molecule has 1 aromatic carbocycles. The van der Waals surface area contributed by atoms with E-state index in [1.54, 1.807) is 18.2 Å². The van der Waals surface area contributed by atoms with Gasteiger partial charge in [-0.15, -0.1) is 0 Å². The molecular formula is C16H24N2O3. The summed E-state index contributed by atoms with van der Waals surface area (Å²) in [4.78, 5) is 14.4. The summed E-state index contributed by atoms with van der Waals surface area (Å²) < 4.78 is 11.1. The number of benzene rings is 1. The van der Waals surface area contributed by atoms with Crippen LogP contribution in [0, 0.1) is 0 Å². The highest BCUT2D eigenvalue weighted by Gasteiger charge is 2.22. The Balaban J connectivity index is 2.15. The van der Waals surface area contributed by atoms with E-state index in [-0.39, 0.29) is 11.9 Å². The largest absolute Gasteiger partial charge is 0.490 e. The van der Waals surface area contributed by atoms with Crippen molar-refractivity contribution in [3.8, 4) is 11.5 Å².